The molecule has 0 bridgehead atoms. The van der Waals surface area contributed by atoms with Crippen LogP contribution in [-0.4, -0.2) is 34.7 Å². The average Bonchev–Trinajstić information content (AvgIpc) is 2.94. The predicted molar refractivity (Wildman–Crippen MR) is 156 cm³/mol. The SMILES string of the molecule is CC(C)C[C@H](NC(=O)CCc1ccc(-c2ccc(-c3ccccc3)cc2)cc1)C(=O)CC(CCC(=O)O)C(N)=O. The van der Waals surface area contributed by atoms with E-state index in [1.807, 2.05) is 56.3 Å². The highest BCUT2D eigenvalue weighted by Crippen LogP contribution is 2.25. The van der Waals surface area contributed by atoms with Crippen molar-refractivity contribution in [3.63, 3.8) is 0 Å². The molecule has 4 N–H and O–H groups in total. The lowest BCUT2D eigenvalue weighted by Gasteiger charge is -2.21. The third kappa shape index (κ3) is 9.49. The number of hydrogen-bond acceptors (Lipinski definition) is 4. The van der Waals surface area contributed by atoms with E-state index in [4.69, 9.17) is 10.8 Å². The third-order valence-electron chi connectivity index (χ3n) is 6.91. The van der Waals surface area contributed by atoms with Crippen molar-refractivity contribution >= 4 is 23.6 Å². The van der Waals surface area contributed by atoms with Crippen LogP contribution < -0.4 is 11.1 Å². The average molecular weight is 543 g/mol. The van der Waals surface area contributed by atoms with E-state index in [0.717, 1.165) is 22.3 Å². The normalized spacial score (nSPS) is 12.5. The number of primary amides is 1. The smallest absolute Gasteiger partial charge is 0.303 e. The maximum absolute atomic E-state index is 13.0. The number of carboxylic acid groups (broad SMARTS) is 1. The lowest BCUT2D eigenvalue weighted by atomic mass is 9.90. The van der Waals surface area contributed by atoms with Crippen LogP contribution in [-0.2, 0) is 25.6 Å². The summed E-state index contributed by atoms with van der Waals surface area (Å²) in [6, 6.07) is 26.0. The number of aryl methyl sites for hydroxylation is 1. The van der Waals surface area contributed by atoms with Crippen LogP contribution >= 0.6 is 0 Å². The molecule has 0 spiro atoms. The van der Waals surface area contributed by atoms with Crippen LogP contribution in [0.3, 0.4) is 0 Å². The van der Waals surface area contributed by atoms with Gasteiger partial charge in [-0.2, -0.15) is 0 Å². The predicted octanol–water partition coefficient (Wildman–Crippen LogP) is 5.41. The second-order valence-electron chi connectivity index (χ2n) is 10.6. The number of nitrogens with two attached hydrogens (primary N) is 1. The van der Waals surface area contributed by atoms with Gasteiger partial charge in [0.15, 0.2) is 5.78 Å². The molecular formula is C33H38N2O5. The Morgan fingerprint density at radius 2 is 1.30 bits per heavy atom. The molecule has 0 aliphatic heterocycles. The molecule has 0 aromatic heterocycles. The summed E-state index contributed by atoms with van der Waals surface area (Å²) in [5.74, 6) is -3.06. The van der Waals surface area contributed by atoms with Gasteiger partial charge in [0.1, 0.15) is 0 Å². The standard InChI is InChI=1S/C33H38N2O5/c1-22(2)20-29(30(36)21-28(33(34)40)17-19-32(38)39)35-31(37)18-10-23-8-11-25(12-9-23)27-15-13-26(14-16-27)24-6-4-3-5-7-24/h3-9,11-16,22,28-29H,10,17-21H2,1-2H3,(H2,34,40)(H,35,37)(H,38,39)/t28?,29-/m0/s1. The van der Waals surface area contributed by atoms with Crippen molar-refractivity contribution in [3.8, 4) is 22.3 Å². The van der Waals surface area contributed by atoms with Crippen LogP contribution in [0.4, 0.5) is 0 Å². The van der Waals surface area contributed by atoms with E-state index in [1.165, 1.54) is 5.56 Å². The monoisotopic (exact) mass is 542 g/mol. The van der Waals surface area contributed by atoms with E-state index in [0.29, 0.717) is 12.8 Å². The molecule has 2 atom stereocenters. The topological polar surface area (TPSA) is 127 Å². The number of rotatable bonds is 15. The summed E-state index contributed by atoms with van der Waals surface area (Å²) >= 11 is 0. The fourth-order valence-corrected chi connectivity index (χ4v) is 4.64. The van der Waals surface area contributed by atoms with Gasteiger partial charge in [0.2, 0.25) is 11.8 Å². The first-order valence-electron chi connectivity index (χ1n) is 13.7. The molecule has 0 fully saturated rings. The van der Waals surface area contributed by atoms with Gasteiger partial charge >= 0.3 is 5.97 Å². The van der Waals surface area contributed by atoms with Crippen molar-refractivity contribution in [1.82, 2.24) is 5.32 Å². The Hall–Kier alpha value is -4.26. The largest absolute Gasteiger partial charge is 0.481 e. The molecule has 0 saturated heterocycles. The number of carbonyl (C=O) groups is 4. The molecule has 2 amide bonds. The molecule has 3 rings (SSSR count). The van der Waals surface area contributed by atoms with Gasteiger partial charge in [-0.05, 0) is 53.0 Å². The zero-order valence-electron chi connectivity index (χ0n) is 23.1. The Balaban J connectivity index is 1.56. The van der Waals surface area contributed by atoms with Crippen LogP contribution in [0.5, 0.6) is 0 Å². The van der Waals surface area contributed by atoms with Gasteiger partial charge in [-0.15, -0.1) is 0 Å². The molecule has 0 heterocycles. The number of amides is 2. The van der Waals surface area contributed by atoms with E-state index in [2.05, 4.69) is 41.7 Å². The zero-order valence-corrected chi connectivity index (χ0v) is 23.1. The molecule has 0 radical (unpaired) electrons. The highest BCUT2D eigenvalue weighted by molar-refractivity contribution is 5.92. The van der Waals surface area contributed by atoms with Crippen molar-refractivity contribution in [1.29, 1.82) is 0 Å². The van der Waals surface area contributed by atoms with Crippen LogP contribution in [0, 0.1) is 11.8 Å². The maximum Gasteiger partial charge on any atom is 0.303 e. The Kier molecular flexibility index (Phi) is 11.2. The van der Waals surface area contributed by atoms with E-state index in [9.17, 15) is 19.2 Å². The van der Waals surface area contributed by atoms with Crippen LogP contribution in [0.25, 0.3) is 22.3 Å². The number of Topliss-reactive ketones (excluding diaryl/α,β-unsaturated/α-hetero) is 1. The van der Waals surface area contributed by atoms with Gasteiger partial charge < -0.3 is 16.2 Å². The van der Waals surface area contributed by atoms with Crippen LogP contribution in [0.1, 0.15) is 51.5 Å². The van der Waals surface area contributed by atoms with Crippen molar-refractivity contribution in [2.45, 2.75) is 58.4 Å². The van der Waals surface area contributed by atoms with Gasteiger partial charge in [0.05, 0.1) is 6.04 Å². The lowest BCUT2D eigenvalue weighted by Crippen LogP contribution is -2.43. The highest BCUT2D eigenvalue weighted by Gasteiger charge is 2.27. The van der Waals surface area contributed by atoms with Gasteiger partial charge in [0.25, 0.3) is 0 Å². The second-order valence-corrected chi connectivity index (χ2v) is 10.6. The molecule has 7 nitrogen and oxygen atoms in total. The fraction of sp³-hybridized carbons (Fsp3) is 0.333. The minimum atomic E-state index is -1.06. The number of ketones is 1. The summed E-state index contributed by atoms with van der Waals surface area (Å²) in [7, 11) is 0. The van der Waals surface area contributed by atoms with Gasteiger partial charge in [-0.1, -0.05) is 92.7 Å². The van der Waals surface area contributed by atoms with Gasteiger partial charge in [-0.25, -0.2) is 0 Å². The number of carboxylic acids is 1. The van der Waals surface area contributed by atoms with E-state index in [1.54, 1.807) is 0 Å². The van der Waals surface area contributed by atoms with E-state index >= 15 is 0 Å². The minimum absolute atomic E-state index is 0.00802. The summed E-state index contributed by atoms with van der Waals surface area (Å²) in [5, 5.41) is 11.7. The molecule has 210 valence electrons. The Morgan fingerprint density at radius 3 is 1.80 bits per heavy atom. The van der Waals surface area contributed by atoms with Crippen molar-refractivity contribution in [2.24, 2.45) is 17.6 Å². The summed E-state index contributed by atoms with van der Waals surface area (Å²) in [6.45, 7) is 3.89. The lowest BCUT2D eigenvalue weighted by molar-refractivity contribution is -0.138. The number of benzene rings is 3. The Labute approximate surface area is 235 Å². The second kappa shape index (κ2) is 14.8. The van der Waals surface area contributed by atoms with E-state index < -0.39 is 23.8 Å². The summed E-state index contributed by atoms with van der Waals surface area (Å²) in [6.07, 6.45) is 0.710. The summed E-state index contributed by atoms with van der Waals surface area (Å²) < 4.78 is 0. The van der Waals surface area contributed by atoms with Crippen LogP contribution in [0.15, 0.2) is 78.9 Å². The highest BCUT2D eigenvalue weighted by atomic mass is 16.4. The van der Waals surface area contributed by atoms with E-state index in [-0.39, 0.29) is 43.3 Å². The third-order valence-corrected chi connectivity index (χ3v) is 6.91. The Morgan fingerprint density at radius 1 is 0.775 bits per heavy atom. The first kappa shape index (κ1) is 30.3. The van der Waals surface area contributed by atoms with Gasteiger partial charge in [0, 0.05) is 25.2 Å². The summed E-state index contributed by atoms with van der Waals surface area (Å²) in [5.41, 5.74) is 10.9. The maximum atomic E-state index is 13.0. The molecular weight excluding hydrogens is 504 g/mol. The minimum Gasteiger partial charge on any atom is -0.481 e. The zero-order chi connectivity index (χ0) is 29.1. The fourth-order valence-electron chi connectivity index (χ4n) is 4.64. The molecule has 3 aromatic carbocycles. The molecule has 1 unspecified atom stereocenters. The molecule has 0 aliphatic carbocycles. The Bertz CT molecular complexity index is 1280. The number of carbonyl (C=O) groups excluding carboxylic acids is 3. The molecule has 0 aliphatic rings. The molecule has 7 heteroatoms. The summed E-state index contributed by atoms with van der Waals surface area (Å²) in [4.78, 5) is 48.3. The van der Waals surface area contributed by atoms with Crippen LogP contribution in [0.2, 0.25) is 0 Å². The number of aliphatic carboxylic acids is 1. The quantitative estimate of drug-likeness (QED) is 0.237. The van der Waals surface area contributed by atoms with Crippen molar-refractivity contribution in [2.75, 3.05) is 0 Å². The molecule has 40 heavy (non-hydrogen) atoms. The number of nitrogens with one attached hydrogen (secondary N) is 1. The first-order valence-corrected chi connectivity index (χ1v) is 13.7. The number of hydrogen-bond donors (Lipinski definition) is 3. The molecule has 0 saturated carbocycles. The molecule has 3 aromatic rings. The van der Waals surface area contributed by atoms with Crippen molar-refractivity contribution < 1.29 is 24.3 Å². The first-order chi connectivity index (χ1) is 19.1. The van der Waals surface area contributed by atoms with Gasteiger partial charge in [-0.3, -0.25) is 19.2 Å². The van der Waals surface area contributed by atoms with Crippen molar-refractivity contribution in [3.05, 3.63) is 84.4 Å².